The molecule has 0 N–H and O–H groups in total. The Kier molecular flexibility index (Phi) is 7.38. The molecule has 1 fully saturated rings. The fraction of sp³-hybridized carbons (Fsp3) is 0.435. The van der Waals surface area contributed by atoms with Crippen molar-refractivity contribution in [3.05, 3.63) is 34.2 Å². The van der Waals surface area contributed by atoms with E-state index < -0.39 is 11.6 Å². The SMILES string of the molecule is C/C=c1/cc(-c2c(F)c(OC)cc(OC)c2F)nc(N2CC(C)OC(C)C2)/c1=C/CCl. The largest absolute Gasteiger partial charge is 0.494 e. The van der Waals surface area contributed by atoms with Gasteiger partial charge in [-0.3, -0.25) is 0 Å². The molecule has 0 radical (unpaired) electrons. The van der Waals surface area contributed by atoms with Crippen LogP contribution in [0.1, 0.15) is 20.8 Å². The highest BCUT2D eigenvalue weighted by Gasteiger charge is 2.27. The Hall–Kier alpha value is -2.38. The molecule has 0 saturated carbocycles. The molecular formula is C23H27ClF2N2O3. The average molecular weight is 453 g/mol. The number of pyridine rings is 1. The molecule has 1 aromatic heterocycles. The fourth-order valence-corrected chi connectivity index (χ4v) is 4.07. The Balaban J connectivity index is 2.33. The standard InChI is InChI=1S/C23H27ClF2N2O3/c1-6-15-9-17(20-21(25)18(29-4)10-19(30-5)22(20)26)27-23(16(15)7-8-24)28-11-13(2)31-14(3)12-28/h6-7,9-10,13-14H,8,11-12H2,1-5H3/b15-6-,16-7+. The lowest BCUT2D eigenvalue weighted by atomic mass is 10.1. The molecule has 2 aromatic rings. The number of benzene rings is 1. The maximum absolute atomic E-state index is 15.2. The molecule has 1 aromatic carbocycles. The number of alkyl halides is 1. The molecule has 5 nitrogen and oxygen atoms in total. The summed E-state index contributed by atoms with van der Waals surface area (Å²) in [4.78, 5) is 6.77. The molecule has 1 aliphatic rings. The summed E-state index contributed by atoms with van der Waals surface area (Å²) in [5.74, 6) is -1.03. The first-order valence-electron chi connectivity index (χ1n) is 10.1. The highest BCUT2D eigenvalue weighted by atomic mass is 35.5. The Morgan fingerprint density at radius 2 is 1.71 bits per heavy atom. The van der Waals surface area contributed by atoms with Crippen molar-refractivity contribution in [3.63, 3.8) is 0 Å². The molecule has 31 heavy (non-hydrogen) atoms. The summed E-state index contributed by atoms with van der Waals surface area (Å²) in [6.45, 7) is 7.02. The lowest BCUT2D eigenvalue weighted by molar-refractivity contribution is -0.00551. The number of nitrogens with zero attached hydrogens (tertiary/aromatic N) is 2. The van der Waals surface area contributed by atoms with Gasteiger partial charge in [-0.2, -0.15) is 0 Å². The smallest absolute Gasteiger partial charge is 0.177 e. The van der Waals surface area contributed by atoms with E-state index in [0.717, 1.165) is 10.4 Å². The second-order valence-corrected chi connectivity index (χ2v) is 7.74. The van der Waals surface area contributed by atoms with Crippen LogP contribution in [0.4, 0.5) is 14.6 Å². The van der Waals surface area contributed by atoms with Gasteiger partial charge in [-0.05, 0) is 32.1 Å². The van der Waals surface area contributed by atoms with Gasteiger partial charge in [0, 0.05) is 30.3 Å². The van der Waals surface area contributed by atoms with Crippen LogP contribution in [-0.4, -0.2) is 50.4 Å². The minimum absolute atomic E-state index is 0.0162. The summed E-state index contributed by atoms with van der Waals surface area (Å²) in [5, 5.41) is 1.59. The van der Waals surface area contributed by atoms with Crippen molar-refractivity contribution in [1.82, 2.24) is 4.98 Å². The highest BCUT2D eigenvalue weighted by Crippen LogP contribution is 2.36. The van der Waals surface area contributed by atoms with Crippen molar-refractivity contribution in [2.45, 2.75) is 33.0 Å². The van der Waals surface area contributed by atoms with E-state index in [1.807, 2.05) is 32.9 Å². The summed E-state index contributed by atoms with van der Waals surface area (Å²) in [6.07, 6.45) is 3.69. The van der Waals surface area contributed by atoms with Crippen LogP contribution in [-0.2, 0) is 4.74 Å². The number of methoxy groups -OCH3 is 2. The molecule has 0 bridgehead atoms. The molecule has 2 heterocycles. The van der Waals surface area contributed by atoms with Gasteiger partial charge < -0.3 is 19.1 Å². The predicted molar refractivity (Wildman–Crippen MR) is 119 cm³/mol. The first-order chi connectivity index (χ1) is 14.8. The average Bonchev–Trinajstić information content (AvgIpc) is 2.74. The molecule has 0 aliphatic carbocycles. The van der Waals surface area contributed by atoms with E-state index in [4.69, 9.17) is 30.8 Å². The molecule has 8 heteroatoms. The quantitative estimate of drug-likeness (QED) is 0.650. The summed E-state index contributed by atoms with van der Waals surface area (Å²) in [5.41, 5.74) is -0.152. The van der Waals surface area contributed by atoms with Gasteiger partial charge in [0.05, 0.1) is 37.7 Å². The van der Waals surface area contributed by atoms with Crippen LogP contribution in [0.5, 0.6) is 11.5 Å². The minimum Gasteiger partial charge on any atom is -0.494 e. The van der Waals surface area contributed by atoms with Crippen LogP contribution >= 0.6 is 11.6 Å². The molecule has 2 unspecified atom stereocenters. The van der Waals surface area contributed by atoms with Gasteiger partial charge in [0.2, 0.25) is 0 Å². The van der Waals surface area contributed by atoms with Crippen LogP contribution in [0.25, 0.3) is 23.4 Å². The molecular weight excluding hydrogens is 426 g/mol. The summed E-state index contributed by atoms with van der Waals surface area (Å²) in [7, 11) is 2.64. The monoisotopic (exact) mass is 452 g/mol. The maximum Gasteiger partial charge on any atom is 0.177 e. The molecule has 3 rings (SSSR count). The molecule has 1 saturated heterocycles. The van der Waals surface area contributed by atoms with Crippen LogP contribution in [0.3, 0.4) is 0 Å². The van der Waals surface area contributed by atoms with Gasteiger partial charge in [-0.1, -0.05) is 12.2 Å². The van der Waals surface area contributed by atoms with Crippen LogP contribution in [0.2, 0.25) is 0 Å². The van der Waals surface area contributed by atoms with E-state index >= 15 is 8.78 Å². The van der Waals surface area contributed by atoms with Crippen LogP contribution in [0.15, 0.2) is 12.1 Å². The normalized spacial score (nSPS) is 20.3. The zero-order valence-corrected chi connectivity index (χ0v) is 19.1. The number of rotatable bonds is 5. The summed E-state index contributed by atoms with van der Waals surface area (Å²) < 4.78 is 46.4. The van der Waals surface area contributed by atoms with Gasteiger partial charge in [-0.25, -0.2) is 13.8 Å². The zero-order valence-electron chi connectivity index (χ0n) is 18.3. The van der Waals surface area contributed by atoms with Gasteiger partial charge in [0.15, 0.2) is 23.1 Å². The fourth-order valence-electron chi connectivity index (χ4n) is 3.92. The summed E-state index contributed by atoms with van der Waals surface area (Å²) >= 11 is 6.03. The Morgan fingerprint density at radius 3 is 2.19 bits per heavy atom. The van der Waals surface area contributed by atoms with Crippen molar-refractivity contribution in [3.8, 4) is 22.8 Å². The number of halogens is 3. The third-order valence-corrected chi connectivity index (χ3v) is 5.37. The van der Waals surface area contributed by atoms with E-state index in [9.17, 15) is 0 Å². The topological polar surface area (TPSA) is 43.8 Å². The number of aromatic nitrogens is 1. The minimum atomic E-state index is -0.834. The van der Waals surface area contributed by atoms with Crippen molar-refractivity contribution in [2.24, 2.45) is 0 Å². The number of morpholine rings is 1. The van der Waals surface area contributed by atoms with E-state index in [0.29, 0.717) is 18.9 Å². The second-order valence-electron chi connectivity index (χ2n) is 7.43. The lowest BCUT2D eigenvalue weighted by Crippen LogP contribution is -2.49. The van der Waals surface area contributed by atoms with E-state index in [2.05, 4.69) is 4.90 Å². The zero-order chi connectivity index (χ0) is 22.7. The number of ether oxygens (including phenoxy) is 3. The molecule has 0 amide bonds. The maximum atomic E-state index is 15.2. The van der Waals surface area contributed by atoms with Crippen LogP contribution < -0.4 is 24.8 Å². The first-order valence-corrected chi connectivity index (χ1v) is 10.6. The van der Waals surface area contributed by atoms with Gasteiger partial charge in [0.1, 0.15) is 5.82 Å². The van der Waals surface area contributed by atoms with Gasteiger partial charge >= 0.3 is 0 Å². The summed E-state index contributed by atoms with van der Waals surface area (Å²) in [6, 6.07) is 2.83. The Bertz CT molecular complexity index is 1040. The number of hydrogen-bond acceptors (Lipinski definition) is 5. The van der Waals surface area contributed by atoms with Crippen molar-refractivity contribution >= 4 is 29.6 Å². The molecule has 2 atom stereocenters. The Morgan fingerprint density at radius 1 is 1.13 bits per heavy atom. The third kappa shape index (κ3) is 4.62. The first kappa shape index (κ1) is 23.3. The highest BCUT2D eigenvalue weighted by molar-refractivity contribution is 6.20. The van der Waals surface area contributed by atoms with E-state index in [-0.39, 0.29) is 40.8 Å². The molecule has 168 valence electrons. The van der Waals surface area contributed by atoms with Crippen LogP contribution in [0, 0.1) is 11.6 Å². The van der Waals surface area contributed by atoms with Crippen molar-refractivity contribution < 1.29 is 23.0 Å². The lowest BCUT2D eigenvalue weighted by Gasteiger charge is -2.36. The molecule has 1 aliphatic heterocycles. The van der Waals surface area contributed by atoms with Crippen molar-refractivity contribution in [1.29, 1.82) is 0 Å². The van der Waals surface area contributed by atoms with E-state index in [1.54, 1.807) is 6.07 Å². The van der Waals surface area contributed by atoms with E-state index in [1.165, 1.54) is 20.3 Å². The number of anilines is 1. The molecule has 0 spiro atoms. The number of hydrogen-bond donors (Lipinski definition) is 0. The Labute approximate surface area is 185 Å². The predicted octanol–water partition coefficient (Wildman–Crippen LogP) is 3.48. The van der Waals surface area contributed by atoms with Gasteiger partial charge in [0.25, 0.3) is 0 Å². The van der Waals surface area contributed by atoms with Gasteiger partial charge in [-0.15, -0.1) is 11.6 Å². The van der Waals surface area contributed by atoms with Crippen molar-refractivity contribution in [2.75, 3.05) is 38.1 Å². The third-order valence-electron chi connectivity index (χ3n) is 5.21. The second kappa shape index (κ2) is 9.83.